The van der Waals surface area contributed by atoms with E-state index >= 15 is 0 Å². The predicted molar refractivity (Wildman–Crippen MR) is 50.8 cm³/mol. The topological polar surface area (TPSA) is 8.81 Å². The van der Waals surface area contributed by atoms with Crippen LogP contribution < -0.4 is 10.3 Å². The summed E-state index contributed by atoms with van der Waals surface area (Å²) in [4.78, 5) is 0. The molecule has 0 saturated heterocycles. The normalized spacial score (nSPS) is 11.6. The van der Waals surface area contributed by atoms with E-state index in [-0.39, 0.29) is 0 Å². The average molecular weight is 163 g/mol. The van der Waals surface area contributed by atoms with Crippen LogP contribution in [0, 0.1) is 0 Å². The van der Waals surface area contributed by atoms with Gasteiger partial charge in [-0.05, 0) is 33.4 Å². The molecule has 0 fully saturated rings. The first kappa shape index (κ1) is 9.36. The summed E-state index contributed by atoms with van der Waals surface area (Å²) in [5, 5.41) is 0. The van der Waals surface area contributed by atoms with Crippen molar-refractivity contribution in [1.29, 1.82) is 0 Å². The number of imidazole rings is 1. The molecule has 0 N–H and O–H groups in total. The smallest absolute Gasteiger partial charge is 0.126 e. The Hall–Kier alpha value is -0.725. The fraction of sp³-hybridized carbons (Fsp3) is 0.667. The van der Waals surface area contributed by atoms with Gasteiger partial charge in [0.2, 0.25) is 0 Å². The zero-order valence-electron chi connectivity index (χ0n) is 8.28. The Bertz CT molecular complexity index is 238. The Labute approximate surface area is 75.6 Å². The van der Waals surface area contributed by atoms with Crippen LogP contribution in [-0.4, -0.2) is 12.4 Å². The molecule has 0 unspecified atom stereocenters. The van der Waals surface area contributed by atoms with Gasteiger partial charge in [-0.2, -0.15) is 0 Å². The molecule has 2 nitrogen and oxygen atoms in total. The molecular weight excluding hydrogens is 147 g/mol. The quantitative estimate of drug-likeness (QED) is 0.449. The fourth-order valence-corrected chi connectivity index (χ4v) is 1.30. The van der Waals surface area contributed by atoms with E-state index in [2.05, 4.69) is 36.8 Å². The molecule has 1 aromatic heterocycles. The minimum absolute atomic E-state index is 0.435. The molecule has 65 valence electrons. The van der Waals surface area contributed by atoms with Crippen molar-refractivity contribution in [3.05, 3.63) is 12.4 Å². The summed E-state index contributed by atoms with van der Waals surface area (Å²) in [5.41, 5.74) is 0.833. The van der Waals surface area contributed by atoms with E-state index in [1.54, 1.807) is 0 Å². The molecule has 0 saturated carbocycles. The van der Waals surface area contributed by atoms with E-state index < -0.39 is 0 Å². The number of nitrogens with zero attached hydrogens (tertiary/aromatic N) is 2. The Balaban J connectivity index is 3.04. The maximum Gasteiger partial charge on any atom is 0.126 e. The molecule has 0 aliphatic heterocycles. The monoisotopic (exact) mass is 163 g/mol. The summed E-state index contributed by atoms with van der Waals surface area (Å²) in [6.07, 6.45) is 4.06. The predicted octanol–water partition coefficient (Wildman–Crippen LogP) is 0.731. The Morgan fingerprint density at radius 1 is 1.33 bits per heavy atom. The largest absolute Gasteiger partial charge is 0.458 e. The third-order valence-corrected chi connectivity index (χ3v) is 2.03. The van der Waals surface area contributed by atoms with Crippen molar-refractivity contribution in [2.45, 2.75) is 39.8 Å². The van der Waals surface area contributed by atoms with Crippen LogP contribution in [0.5, 0.6) is 0 Å². The van der Waals surface area contributed by atoms with Gasteiger partial charge in [0.25, 0.3) is 0 Å². The van der Waals surface area contributed by atoms with Crippen molar-refractivity contribution in [1.82, 2.24) is 4.57 Å². The van der Waals surface area contributed by atoms with Crippen LogP contribution in [0.3, 0.4) is 0 Å². The van der Waals surface area contributed by atoms with E-state index in [1.807, 2.05) is 12.4 Å². The second-order valence-electron chi connectivity index (χ2n) is 3.66. The Morgan fingerprint density at radius 3 is 2.17 bits per heavy atom. The van der Waals surface area contributed by atoms with Crippen molar-refractivity contribution >= 4 is 13.6 Å². The Kier molecular flexibility index (Phi) is 2.60. The molecule has 3 heteroatoms. The van der Waals surface area contributed by atoms with Gasteiger partial charge in [-0.15, -0.1) is 0 Å². The molecule has 3 radical (unpaired) electrons. The molecule has 0 bridgehead atoms. The lowest BCUT2D eigenvalue weighted by molar-refractivity contribution is -0.698. The van der Waals surface area contributed by atoms with Gasteiger partial charge in [-0.25, -0.2) is 0 Å². The van der Waals surface area contributed by atoms with Gasteiger partial charge >= 0.3 is 0 Å². The minimum Gasteiger partial charge on any atom is -0.458 e. The van der Waals surface area contributed by atoms with Crippen molar-refractivity contribution in [3.8, 4) is 0 Å². The highest BCUT2D eigenvalue weighted by atomic mass is 15.2. The van der Waals surface area contributed by atoms with Gasteiger partial charge < -0.3 is 7.85 Å². The number of hydrogen-bond donors (Lipinski definition) is 0. The maximum absolute atomic E-state index is 5.93. The first-order chi connectivity index (χ1) is 5.54. The molecule has 1 heterocycles. The highest BCUT2D eigenvalue weighted by Gasteiger charge is 2.08. The SMILES string of the molecule is [B-]c1n(C(C)C)cc[n+]1C(C)C. The Morgan fingerprint density at radius 2 is 1.92 bits per heavy atom. The van der Waals surface area contributed by atoms with Crippen molar-refractivity contribution < 1.29 is 4.57 Å². The standard InChI is InChI=1S/C9H16BN2/c1-7(2)11-5-6-12(8(3)4)9(11)10/h5-8H,1-4H3. The summed E-state index contributed by atoms with van der Waals surface area (Å²) >= 11 is 0. The number of rotatable bonds is 2. The zero-order chi connectivity index (χ0) is 9.30. The van der Waals surface area contributed by atoms with Crippen molar-refractivity contribution in [3.63, 3.8) is 0 Å². The van der Waals surface area contributed by atoms with Gasteiger partial charge in [-0.1, -0.05) is 0 Å². The van der Waals surface area contributed by atoms with E-state index in [4.69, 9.17) is 7.85 Å². The summed E-state index contributed by atoms with van der Waals surface area (Å²) in [6, 6.07) is 0.870. The van der Waals surface area contributed by atoms with Gasteiger partial charge in [0.15, 0.2) is 0 Å². The van der Waals surface area contributed by atoms with Crippen LogP contribution in [-0.2, 0) is 0 Å². The molecular formula is C9H16BN2. The first-order valence-electron chi connectivity index (χ1n) is 4.41. The van der Waals surface area contributed by atoms with Gasteiger partial charge in [0.05, 0.1) is 12.1 Å². The summed E-state index contributed by atoms with van der Waals surface area (Å²) in [5.74, 6) is 0. The van der Waals surface area contributed by atoms with Crippen LogP contribution in [0.15, 0.2) is 12.4 Å². The second kappa shape index (κ2) is 3.34. The lowest BCUT2D eigenvalue weighted by atomic mass is 10.1. The van der Waals surface area contributed by atoms with Crippen molar-refractivity contribution in [2.24, 2.45) is 0 Å². The van der Waals surface area contributed by atoms with E-state index in [9.17, 15) is 0 Å². The lowest BCUT2D eigenvalue weighted by Crippen LogP contribution is -2.51. The van der Waals surface area contributed by atoms with Gasteiger partial charge in [-0.3, -0.25) is 9.13 Å². The fourth-order valence-electron chi connectivity index (χ4n) is 1.30. The van der Waals surface area contributed by atoms with Crippen molar-refractivity contribution in [2.75, 3.05) is 0 Å². The molecule has 0 atom stereocenters. The highest BCUT2D eigenvalue weighted by Crippen LogP contribution is 1.99. The molecule has 0 amide bonds. The maximum atomic E-state index is 5.93. The first-order valence-corrected chi connectivity index (χ1v) is 4.41. The highest BCUT2D eigenvalue weighted by molar-refractivity contribution is 6.28. The van der Waals surface area contributed by atoms with Crippen LogP contribution in [0.4, 0.5) is 0 Å². The van der Waals surface area contributed by atoms with Crippen LogP contribution in [0.25, 0.3) is 0 Å². The summed E-state index contributed by atoms with van der Waals surface area (Å²) in [6.45, 7) is 8.50. The van der Waals surface area contributed by atoms with Gasteiger partial charge in [0.1, 0.15) is 12.4 Å². The van der Waals surface area contributed by atoms with Crippen LogP contribution >= 0.6 is 0 Å². The van der Waals surface area contributed by atoms with Crippen LogP contribution in [0.1, 0.15) is 39.8 Å². The molecule has 0 aliphatic rings. The minimum atomic E-state index is 0.435. The van der Waals surface area contributed by atoms with E-state index in [0.29, 0.717) is 12.1 Å². The molecule has 0 aromatic carbocycles. The molecule has 0 spiro atoms. The molecule has 12 heavy (non-hydrogen) atoms. The third-order valence-electron chi connectivity index (χ3n) is 2.03. The molecule has 1 rings (SSSR count). The number of hydrogen-bond acceptors (Lipinski definition) is 0. The summed E-state index contributed by atoms with van der Waals surface area (Å²) in [7, 11) is 5.93. The van der Waals surface area contributed by atoms with Crippen LogP contribution in [0.2, 0.25) is 0 Å². The average Bonchev–Trinajstić information content (AvgIpc) is 2.30. The molecule has 0 aliphatic carbocycles. The second-order valence-corrected chi connectivity index (χ2v) is 3.66. The zero-order valence-corrected chi connectivity index (χ0v) is 8.28. The third kappa shape index (κ3) is 1.54. The summed E-state index contributed by atoms with van der Waals surface area (Å²) < 4.78 is 4.14. The lowest BCUT2D eigenvalue weighted by Gasteiger charge is -2.14. The number of aromatic nitrogens is 2. The molecule has 1 aromatic rings. The van der Waals surface area contributed by atoms with E-state index in [0.717, 1.165) is 5.72 Å². The van der Waals surface area contributed by atoms with E-state index in [1.165, 1.54) is 0 Å². The van der Waals surface area contributed by atoms with Gasteiger partial charge in [0, 0.05) is 0 Å².